The molecule has 1 fully saturated rings. The van der Waals surface area contributed by atoms with Gasteiger partial charge in [-0.3, -0.25) is 9.59 Å². The molecule has 1 aliphatic rings. The number of nitrogens with zero attached hydrogens (tertiary/aromatic N) is 2. The van der Waals surface area contributed by atoms with Crippen LogP contribution in [-0.2, 0) is 6.18 Å². The number of hydrogen-bond acceptors (Lipinski definition) is 3. The monoisotopic (exact) mass is 352 g/mol. The lowest BCUT2D eigenvalue weighted by atomic mass is 10.2. The molecular weight excluding hydrogens is 337 g/mol. The number of rotatable bonds is 5. The molecule has 1 aromatic carbocycles. The van der Waals surface area contributed by atoms with E-state index in [1.165, 1.54) is 24.3 Å². The van der Waals surface area contributed by atoms with Crippen LogP contribution >= 0.6 is 0 Å². The number of carbonyl (C=O) groups is 2. The number of amides is 2. The normalized spacial score (nSPS) is 14.4. The first-order valence-electron chi connectivity index (χ1n) is 7.61. The number of benzene rings is 1. The molecule has 1 aromatic heterocycles. The molecule has 2 amide bonds. The van der Waals surface area contributed by atoms with Crippen LogP contribution in [0.3, 0.4) is 0 Å². The van der Waals surface area contributed by atoms with Crippen LogP contribution in [0.4, 0.5) is 13.2 Å². The van der Waals surface area contributed by atoms with E-state index in [0.717, 1.165) is 17.5 Å². The lowest BCUT2D eigenvalue weighted by molar-refractivity contribution is -0.141. The molecule has 0 radical (unpaired) electrons. The highest BCUT2D eigenvalue weighted by atomic mass is 19.4. The van der Waals surface area contributed by atoms with Crippen molar-refractivity contribution in [2.45, 2.75) is 19.0 Å². The van der Waals surface area contributed by atoms with E-state index in [0.29, 0.717) is 18.5 Å². The quantitative estimate of drug-likeness (QED) is 0.864. The van der Waals surface area contributed by atoms with Crippen LogP contribution in [0, 0.1) is 5.92 Å². The Morgan fingerprint density at radius 1 is 1.28 bits per heavy atom. The van der Waals surface area contributed by atoms with Gasteiger partial charge in [0, 0.05) is 18.2 Å². The summed E-state index contributed by atoms with van der Waals surface area (Å²) >= 11 is 0. The van der Waals surface area contributed by atoms with Crippen molar-refractivity contribution in [1.29, 1.82) is 0 Å². The SMILES string of the molecule is NC(=O)c1cc(C(F)(F)F)nn1-c1cccc(C(=O)NCC2CC2)c1. The fourth-order valence-electron chi connectivity index (χ4n) is 2.33. The van der Waals surface area contributed by atoms with E-state index in [-0.39, 0.29) is 17.2 Å². The first kappa shape index (κ1) is 17.0. The van der Waals surface area contributed by atoms with Crippen molar-refractivity contribution >= 4 is 11.8 Å². The second kappa shape index (κ2) is 6.23. The Labute approximate surface area is 140 Å². The number of primary amides is 1. The van der Waals surface area contributed by atoms with Gasteiger partial charge in [-0.25, -0.2) is 4.68 Å². The fraction of sp³-hybridized carbons (Fsp3) is 0.312. The Morgan fingerprint density at radius 3 is 2.60 bits per heavy atom. The first-order valence-corrected chi connectivity index (χ1v) is 7.61. The summed E-state index contributed by atoms with van der Waals surface area (Å²) in [5.41, 5.74) is 3.91. The van der Waals surface area contributed by atoms with E-state index >= 15 is 0 Å². The molecule has 0 aliphatic heterocycles. The number of nitrogens with one attached hydrogen (secondary N) is 1. The number of aromatic nitrogens is 2. The molecule has 1 saturated carbocycles. The number of halogens is 3. The second-order valence-electron chi connectivity index (χ2n) is 5.89. The Hall–Kier alpha value is -2.84. The van der Waals surface area contributed by atoms with E-state index in [1.54, 1.807) is 0 Å². The van der Waals surface area contributed by atoms with Gasteiger partial charge in [0.1, 0.15) is 5.69 Å². The smallest absolute Gasteiger partial charge is 0.364 e. The maximum absolute atomic E-state index is 12.9. The Balaban J connectivity index is 1.93. The van der Waals surface area contributed by atoms with E-state index in [4.69, 9.17) is 5.73 Å². The zero-order chi connectivity index (χ0) is 18.2. The highest BCUT2D eigenvalue weighted by molar-refractivity contribution is 5.95. The molecule has 25 heavy (non-hydrogen) atoms. The highest BCUT2D eigenvalue weighted by Gasteiger charge is 2.36. The van der Waals surface area contributed by atoms with Gasteiger partial charge < -0.3 is 11.1 Å². The van der Waals surface area contributed by atoms with Crippen molar-refractivity contribution < 1.29 is 22.8 Å². The molecule has 3 N–H and O–H groups in total. The third-order valence-electron chi connectivity index (χ3n) is 3.85. The van der Waals surface area contributed by atoms with Gasteiger partial charge in [0.2, 0.25) is 0 Å². The van der Waals surface area contributed by atoms with Crippen LogP contribution in [0.5, 0.6) is 0 Å². The second-order valence-corrected chi connectivity index (χ2v) is 5.89. The third-order valence-corrected chi connectivity index (χ3v) is 3.85. The van der Waals surface area contributed by atoms with Gasteiger partial charge in [-0.2, -0.15) is 18.3 Å². The molecule has 0 atom stereocenters. The molecule has 1 aliphatic carbocycles. The molecule has 6 nitrogen and oxygen atoms in total. The minimum Gasteiger partial charge on any atom is -0.364 e. The minimum absolute atomic E-state index is 0.142. The molecule has 2 aromatic rings. The van der Waals surface area contributed by atoms with Gasteiger partial charge in [0.05, 0.1) is 5.69 Å². The largest absolute Gasteiger partial charge is 0.435 e. The van der Waals surface area contributed by atoms with Crippen LogP contribution < -0.4 is 11.1 Å². The third kappa shape index (κ3) is 3.81. The van der Waals surface area contributed by atoms with Crippen LogP contribution in [0.1, 0.15) is 39.4 Å². The van der Waals surface area contributed by atoms with Crippen molar-refractivity contribution in [3.05, 3.63) is 47.3 Å². The molecule has 0 spiro atoms. The maximum Gasteiger partial charge on any atom is 0.435 e. The topological polar surface area (TPSA) is 90.0 Å². The fourth-order valence-corrected chi connectivity index (χ4v) is 2.33. The van der Waals surface area contributed by atoms with Gasteiger partial charge in [0.15, 0.2) is 5.69 Å². The summed E-state index contributed by atoms with van der Waals surface area (Å²) in [5, 5.41) is 6.18. The van der Waals surface area contributed by atoms with Crippen LogP contribution in [-0.4, -0.2) is 28.1 Å². The molecule has 0 bridgehead atoms. The molecule has 132 valence electrons. The van der Waals surface area contributed by atoms with E-state index in [1.807, 2.05) is 0 Å². The van der Waals surface area contributed by atoms with Gasteiger partial charge in [-0.15, -0.1) is 0 Å². The Morgan fingerprint density at radius 2 is 2.00 bits per heavy atom. The molecule has 1 heterocycles. The van der Waals surface area contributed by atoms with Crippen LogP contribution in [0.25, 0.3) is 5.69 Å². The standard InChI is InChI=1S/C16H15F3N4O2/c17-16(18,19)13-7-12(14(20)24)23(22-13)11-3-1-2-10(6-11)15(25)21-8-9-4-5-9/h1-3,6-7,9H,4-5,8H2,(H2,20,24)(H,21,25). The Bertz CT molecular complexity index is 825. The number of hydrogen-bond donors (Lipinski definition) is 2. The van der Waals surface area contributed by atoms with Crippen molar-refractivity contribution in [3.63, 3.8) is 0 Å². The summed E-state index contributed by atoms with van der Waals surface area (Å²) in [4.78, 5) is 23.6. The minimum atomic E-state index is -4.71. The van der Waals surface area contributed by atoms with Gasteiger partial charge in [-0.05, 0) is 37.0 Å². The predicted octanol–water partition coefficient (Wildman–Crippen LogP) is 2.13. The highest BCUT2D eigenvalue weighted by Crippen LogP contribution is 2.30. The number of alkyl halides is 3. The molecular formula is C16H15F3N4O2. The first-order chi connectivity index (χ1) is 11.8. The molecule has 9 heteroatoms. The van der Waals surface area contributed by atoms with E-state index < -0.39 is 23.5 Å². The van der Waals surface area contributed by atoms with Gasteiger partial charge in [0.25, 0.3) is 11.8 Å². The predicted molar refractivity (Wildman–Crippen MR) is 82.1 cm³/mol. The maximum atomic E-state index is 12.9. The lowest BCUT2D eigenvalue weighted by Gasteiger charge is -2.08. The van der Waals surface area contributed by atoms with Gasteiger partial charge in [-0.1, -0.05) is 6.07 Å². The van der Waals surface area contributed by atoms with Crippen LogP contribution in [0.15, 0.2) is 30.3 Å². The Kier molecular flexibility index (Phi) is 4.23. The zero-order valence-corrected chi connectivity index (χ0v) is 13.0. The van der Waals surface area contributed by atoms with Gasteiger partial charge >= 0.3 is 6.18 Å². The number of nitrogens with two attached hydrogens (primary N) is 1. The summed E-state index contributed by atoms with van der Waals surface area (Å²) < 4.78 is 39.4. The van der Waals surface area contributed by atoms with Crippen molar-refractivity contribution in [3.8, 4) is 5.69 Å². The van der Waals surface area contributed by atoms with Crippen LogP contribution in [0.2, 0.25) is 0 Å². The average molecular weight is 352 g/mol. The number of carbonyl (C=O) groups excluding carboxylic acids is 2. The summed E-state index contributed by atoms with van der Waals surface area (Å²) in [6.07, 6.45) is -2.56. The van der Waals surface area contributed by atoms with Crippen molar-refractivity contribution in [1.82, 2.24) is 15.1 Å². The summed E-state index contributed by atoms with van der Waals surface area (Å²) in [6, 6.07) is 6.42. The lowest BCUT2D eigenvalue weighted by Crippen LogP contribution is -2.25. The average Bonchev–Trinajstić information content (AvgIpc) is 3.26. The molecule has 3 rings (SSSR count). The van der Waals surface area contributed by atoms with Crippen molar-refractivity contribution in [2.24, 2.45) is 11.7 Å². The van der Waals surface area contributed by atoms with E-state index in [2.05, 4.69) is 10.4 Å². The summed E-state index contributed by atoms with van der Waals surface area (Å²) in [7, 11) is 0. The molecule has 0 saturated heterocycles. The summed E-state index contributed by atoms with van der Waals surface area (Å²) in [6.45, 7) is 0.565. The molecule has 0 unspecified atom stereocenters. The van der Waals surface area contributed by atoms with E-state index in [9.17, 15) is 22.8 Å². The zero-order valence-electron chi connectivity index (χ0n) is 13.0. The van der Waals surface area contributed by atoms with Crippen molar-refractivity contribution in [2.75, 3.05) is 6.54 Å². The summed E-state index contributed by atoms with van der Waals surface area (Å²) in [5.74, 6) is -0.891.